The third-order valence-electron chi connectivity index (χ3n) is 4.14. The number of hydrogen-bond donors (Lipinski definition) is 1. The Kier molecular flexibility index (Phi) is 7.13. The first-order chi connectivity index (χ1) is 11.6. The molecule has 130 valence electrons. The highest BCUT2D eigenvalue weighted by atomic mass is 16.5. The molecule has 0 heterocycles. The van der Waals surface area contributed by atoms with Crippen molar-refractivity contribution in [2.75, 3.05) is 13.2 Å². The van der Waals surface area contributed by atoms with Gasteiger partial charge in [0, 0.05) is 0 Å². The number of rotatable bonds is 10. The molecule has 0 saturated carbocycles. The van der Waals surface area contributed by atoms with Gasteiger partial charge in [0.1, 0.15) is 18.1 Å². The first-order valence-corrected chi connectivity index (χ1v) is 8.69. The van der Waals surface area contributed by atoms with Gasteiger partial charge in [-0.15, -0.1) is 0 Å². The van der Waals surface area contributed by atoms with Crippen LogP contribution in [0.15, 0.2) is 54.6 Å². The van der Waals surface area contributed by atoms with E-state index in [1.165, 1.54) is 5.56 Å². The molecule has 2 N–H and O–H groups in total. The predicted octanol–water partition coefficient (Wildman–Crippen LogP) is 4.80. The first kappa shape index (κ1) is 18.3. The van der Waals surface area contributed by atoms with Crippen molar-refractivity contribution < 1.29 is 9.47 Å². The third kappa shape index (κ3) is 6.63. The molecular weight excluding hydrogens is 298 g/mol. The van der Waals surface area contributed by atoms with E-state index in [-0.39, 0.29) is 5.41 Å². The summed E-state index contributed by atoms with van der Waals surface area (Å²) in [6.07, 6.45) is 3.33. The molecule has 2 aromatic carbocycles. The standard InChI is InChI=1S/C21H29NO2/c1-21(2,17-22)14-6-7-15-23-19-10-12-20(13-11-19)24-16-18-8-4-3-5-9-18/h3-5,8-13H,6-7,14-17,22H2,1-2H3. The summed E-state index contributed by atoms with van der Waals surface area (Å²) in [5.74, 6) is 1.75. The van der Waals surface area contributed by atoms with Crippen LogP contribution in [0.5, 0.6) is 11.5 Å². The van der Waals surface area contributed by atoms with Crippen molar-refractivity contribution in [2.24, 2.45) is 11.1 Å². The van der Waals surface area contributed by atoms with Crippen LogP contribution in [-0.2, 0) is 6.61 Å². The van der Waals surface area contributed by atoms with Crippen molar-refractivity contribution in [3.05, 3.63) is 60.2 Å². The second-order valence-corrected chi connectivity index (χ2v) is 6.92. The van der Waals surface area contributed by atoms with Crippen molar-refractivity contribution in [1.29, 1.82) is 0 Å². The fraction of sp³-hybridized carbons (Fsp3) is 0.429. The number of nitrogens with two attached hydrogens (primary N) is 1. The van der Waals surface area contributed by atoms with E-state index in [0.29, 0.717) is 6.61 Å². The van der Waals surface area contributed by atoms with Gasteiger partial charge in [-0.1, -0.05) is 44.2 Å². The van der Waals surface area contributed by atoms with Gasteiger partial charge in [0.15, 0.2) is 0 Å². The average molecular weight is 327 g/mol. The Hall–Kier alpha value is -2.00. The molecule has 0 aromatic heterocycles. The van der Waals surface area contributed by atoms with Crippen LogP contribution in [0.3, 0.4) is 0 Å². The van der Waals surface area contributed by atoms with Gasteiger partial charge >= 0.3 is 0 Å². The number of benzene rings is 2. The summed E-state index contributed by atoms with van der Waals surface area (Å²) in [5.41, 5.74) is 7.14. The smallest absolute Gasteiger partial charge is 0.120 e. The van der Waals surface area contributed by atoms with E-state index in [1.54, 1.807) is 0 Å². The van der Waals surface area contributed by atoms with Crippen LogP contribution < -0.4 is 15.2 Å². The van der Waals surface area contributed by atoms with Crippen LogP contribution in [0.25, 0.3) is 0 Å². The summed E-state index contributed by atoms with van der Waals surface area (Å²) < 4.78 is 11.6. The zero-order chi connectivity index (χ0) is 17.3. The summed E-state index contributed by atoms with van der Waals surface area (Å²) >= 11 is 0. The molecule has 0 saturated heterocycles. The van der Waals surface area contributed by atoms with E-state index >= 15 is 0 Å². The minimum atomic E-state index is 0.234. The van der Waals surface area contributed by atoms with Crippen molar-refractivity contribution in [2.45, 2.75) is 39.7 Å². The summed E-state index contributed by atoms with van der Waals surface area (Å²) in [5, 5.41) is 0. The zero-order valence-electron chi connectivity index (χ0n) is 14.8. The summed E-state index contributed by atoms with van der Waals surface area (Å²) in [6, 6.07) is 18.0. The topological polar surface area (TPSA) is 44.5 Å². The fourth-order valence-electron chi connectivity index (χ4n) is 2.37. The SMILES string of the molecule is CC(C)(CN)CCCCOc1ccc(OCc2ccccc2)cc1. The third-order valence-corrected chi connectivity index (χ3v) is 4.14. The van der Waals surface area contributed by atoms with Crippen LogP contribution in [0.4, 0.5) is 0 Å². The van der Waals surface area contributed by atoms with Crippen molar-refractivity contribution in [3.63, 3.8) is 0 Å². The largest absolute Gasteiger partial charge is 0.494 e. The lowest BCUT2D eigenvalue weighted by Crippen LogP contribution is -2.23. The number of ether oxygens (including phenoxy) is 2. The van der Waals surface area contributed by atoms with E-state index in [9.17, 15) is 0 Å². The average Bonchev–Trinajstić information content (AvgIpc) is 2.61. The van der Waals surface area contributed by atoms with E-state index < -0.39 is 0 Å². The molecule has 0 unspecified atom stereocenters. The summed E-state index contributed by atoms with van der Waals surface area (Å²) in [4.78, 5) is 0. The van der Waals surface area contributed by atoms with Gasteiger partial charge in [-0.2, -0.15) is 0 Å². The predicted molar refractivity (Wildman–Crippen MR) is 99.4 cm³/mol. The van der Waals surface area contributed by atoms with Crippen LogP contribution in [0.1, 0.15) is 38.7 Å². The Morgan fingerprint density at radius 3 is 2.08 bits per heavy atom. The second-order valence-electron chi connectivity index (χ2n) is 6.92. The molecule has 0 aliphatic rings. The number of hydrogen-bond acceptors (Lipinski definition) is 3. The fourth-order valence-corrected chi connectivity index (χ4v) is 2.37. The zero-order valence-corrected chi connectivity index (χ0v) is 14.8. The Labute approximate surface area is 145 Å². The van der Waals surface area contributed by atoms with Gasteiger partial charge in [-0.3, -0.25) is 0 Å². The molecule has 0 spiro atoms. The minimum Gasteiger partial charge on any atom is -0.494 e. The molecule has 3 nitrogen and oxygen atoms in total. The highest BCUT2D eigenvalue weighted by molar-refractivity contribution is 5.31. The van der Waals surface area contributed by atoms with Crippen molar-refractivity contribution >= 4 is 0 Å². The summed E-state index contributed by atoms with van der Waals surface area (Å²) in [7, 11) is 0. The molecule has 0 amide bonds. The van der Waals surface area contributed by atoms with E-state index in [1.807, 2.05) is 42.5 Å². The molecule has 0 atom stereocenters. The highest BCUT2D eigenvalue weighted by Crippen LogP contribution is 2.22. The molecule has 0 bridgehead atoms. The lowest BCUT2D eigenvalue weighted by atomic mass is 9.87. The molecule has 0 fully saturated rings. The molecule has 3 heteroatoms. The maximum absolute atomic E-state index is 5.79. The van der Waals surface area contributed by atoms with Crippen molar-refractivity contribution in [1.82, 2.24) is 0 Å². The Balaban J connectivity index is 1.67. The van der Waals surface area contributed by atoms with Gasteiger partial charge in [-0.25, -0.2) is 0 Å². The minimum absolute atomic E-state index is 0.234. The van der Waals surface area contributed by atoms with Crippen LogP contribution in [0.2, 0.25) is 0 Å². The molecule has 2 rings (SSSR count). The van der Waals surface area contributed by atoms with Crippen LogP contribution >= 0.6 is 0 Å². The first-order valence-electron chi connectivity index (χ1n) is 8.69. The van der Waals surface area contributed by atoms with Crippen LogP contribution in [0, 0.1) is 5.41 Å². The van der Waals surface area contributed by atoms with Crippen LogP contribution in [-0.4, -0.2) is 13.2 Å². The van der Waals surface area contributed by atoms with Gasteiger partial charge in [-0.05, 0) is 61.1 Å². The summed E-state index contributed by atoms with van der Waals surface area (Å²) in [6.45, 7) is 6.48. The van der Waals surface area contributed by atoms with E-state index in [2.05, 4.69) is 26.0 Å². The maximum atomic E-state index is 5.79. The van der Waals surface area contributed by atoms with E-state index in [0.717, 1.165) is 43.9 Å². The molecule has 0 aliphatic carbocycles. The Bertz CT molecular complexity index is 579. The molecule has 24 heavy (non-hydrogen) atoms. The second kappa shape index (κ2) is 9.33. The maximum Gasteiger partial charge on any atom is 0.120 e. The van der Waals surface area contributed by atoms with Crippen molar-refractivity contribution in [3.8, 4) is 11.5 Å². The lowest BCUT2D eigenvalue weighted by Gasteiger charge is -2.21. The van der Waals surface area contributed by atoms with Gasteiger partial charge in [0.05, 0.1) is 6.61 Å². The molecule has 0 aliphatic heterocycles. The quantitative estimate of drug-likeness (QED) is 0.638. The van der Waals surface area contributed by atoms with Gasteiger partial charge in [0.2, 0.25) is 0 Å². The number of unbranched alkanes of at least 4 members (excludes halogenated alkanes) is 1. The molecule has 0 radical (unpaired) electrons. The Morgan fingerprint density at radius 1 is 0.833 bits per heavy atom. The van der Waals surface area contributed by atoms with Gasteiger partial charge < -0.3 is 15.2 Å². The molecular formula is C21H29NO2. The highest BCUT2D eigenvalue weighted by Gasteiger charge is 2.14. The monoisotopic (exact) mass is 327 g/mol. The van der Waals surface area contributed by atoms with Gasteiger partial charge in [0.25, 0.3) is 0 Å². The molecule has 2 aromatic rings. The normalized spacial score (nSPS) is 11.3. The Morgan fingerprint density at radius 2 is 1.46 bits per heavy atom. The van der Waals surface area contributed by atoms with E-state index in [4.69, 9.17) is 15.2 Å². The lowest BCUT2D eigenvalue weighted by molar-refractivity contribution is 0.277.